The van der Waals surface area contributed by atoms with Crippen molar-refractivity contribution in [3.63, 3.8) is 0 Å². The van der Waals surface area contributed by atoms with Crippen LogP contribution in [0, 0.1) is 5.82 Å². The number of nitrogens with zero attached hydrogens (tertiary/aromatic N) is 3. The lowest BCUT2D eigenvalue weighted by Crippen LogP contribution is -2.11. The fraction of sp³-hybridized carbons (Fsp3) is 0.222. The van der Waals surface area contributed by atoms with Crippen molar-refractivity contribution in [2.45, 2.75) is 5.72 Å². The summed E-state index contributed by atoms with van der Waals surface area (Å²) in [6.07, 6.45) is 0. The highest BCUT2D eigenvalue weighted by Gasteiger charge is 2.58. The number of rotatable bonds is 3. The first-order valence-electron chi connectivity index (χ1n) is 7.93. The van der Waals surface area contributed by atoms with E-state index >= 15 is 0 Å². The first-order valence-corrected chi connectivity index (χ1v) is 7.93. The molecule has 1 aromatic heterocycles. The van der Waals surface area contributed by atoms with Crippen LogP contribution < -0.4 is 0 Å². The predicted octanol–water partition coefficient (Wildman–Crippen LogP) is 2.78. The van der Waals surface area contributed by atoms with Crippen molar-refractivity contribution in [3.8, 4) is 22.8 Å². The van der Waals surface area contributed by atoms with Gasteiger partial charge in [0, 0.05) is 29.8 Å². The number of aromatic nitrogens is 3. The Balaban J connectivity index is 1.42. The molecule has 2 aliphatic rings. The van der Waals surface area contributed by atoms with Crippen LogP contribution in [-0.4, -0.2) is 39.8 Å². The molecular weight excluding hydrogens is 307 g/mol. The second kappa shape index (κ2) is 4.96. The van der Waals surface area contributed by atoms with E-state index < -0.39 is 0 Å². The zero-order chi connectivity index (χ0) is 16.1. The van der Waals surface area contributed by atoms with Crippen LogP contribution in [0.25, 0.3) is 22.8 Å². The highest BCUT2D eigenvalue weighted by molar-refractivity contribution is 5.61. The van der Waals surface area contributed by atoms with E-state index in [-0.39, 0.29) is 11.5 Å². The fourth-order valence-electron chi connectivity index (χ4n) is 3.31. The van der Waals surface area contributed by atoms with E-state index in [2.05, 4.69) is 32.2 Å². The Morgan fingerprint density at radius 2 is 1.79 bits per heavy atom. The minimum atomic E-state index is -0.271. The molecule has 0 radical (unpaired) electrons. The second-order valence-electron chi connectivity index (χ2n) is 6.15. The number of fused-ring (bicyclic) bond motifs is 1. The van der Waals surface area contributed by atoms with E-state index in [9.17, 15) is 4.39 Å². The van der Waals surface area contributed by atoms with Gasteiger partial charge in [-0.1, -0.05) is 24.3 Å². The van der Waals surface area contributed by atoms with Crippen molar-refractivity contribution in [3.05, 3.63) is 59.9 Å². The number of nitrogens with one attached hydrogen (secondary N) is 1. The third-order valence-corrected chi connectivity index (χ3v) is 4.71. The molecule has 2 fully saturated rings. The highest BCUT2D eigenvalue weighted by Crippen LogP contribution is 2.47. The molecule has 0 aliphatic carbocycles. The van der Waals surface area contributed by atoms with Gasteiger partial charge in [-0.05, 0) is 24.3 Å². The molecule has 24 heavy (non-hydrogen) atoms. The number of H-pyrrole nitrogens is 1. The molecule has 2 unspecified atom stereocenters. The van der Waals surface area contributed by atoms with Gasteiger partial charge in [0.2, 0.25) is 0 Å². The van der Waals surface area contributed by atoms with E-state index in [0.717, 1.165) is 30.8 Å². The van der Waals surface area contributed by atoms with Crippen LogP contribution >= 0.6 is 0 Å². The van der Waals surface area contributed by atoms with Crippen molar-refractivity contribution in [1.82, 2.24) is 20.1 Å². The quantitative estimate of drug-likeness (QED) is 0.754. The predicted molar refractivity (Wildman–Crippen MR) is 86.4 cm³/mol. The lowest BCUT2D eigenvalue weighted by atomic mass is 10.1. The highest BCUT2D eigenvalue weighted by atomic mass is 19.1. The smallest absolute Gasteiger partial charge is 0.181 e. The molecule has 2 aliphatic heterocycles. The van der Waals surface area contributed by atoms with Gasteiger partial charge in [-0.2, -0.15) is 5.10 Å². The van der Waals surface area contributed by atoms with Crippen LogP contribution in [0.3, 0.4) is 0 Å². The third-order valence-electron chi connectivity index (χ3n) is 4.71. The third kappa shape index (κ3) is 2.07. The molecule has 2 aromatic carbocycles. The topological polar surface area (TPSA) is 53.8 Å². The summed E-state index contributed by atoms with van der Waals surface area (Å²) < 4.78 is 18.9. The SMILES string of the molecule is Fc1ccc(-c2n[nH]c(-c3ccc(C45CN4CCO5)cc3)n2)cc1. The van der Waals surface area contributed by atoms with E-state index in [1.807, 2.05) is 12.1 Å². The van der Waals surface area contributed by atoms with Crippen molar-refractivity contribution >= 4 is 0 Å². The fourth-order valence-corrected chi connectivity index (χ4v) is 3.31. The average Bonchev–Trinajstić information content (AvgIpc) is 2.99. The number of hydrogen-bond donors (Lipinski definition) is 1. The molecule has 120 valence electrons. The number of benzene rings is 2. The number of ether oxygens (including phenoxy) is 1. The van der Waals surface area contributed by atoms with E-state index in [1.165, 1.54) is 17.7 Å². The van der Waals surface area contributed by atoms with Crippen LogP contribution in [0.1, 0.15) is 5.56 Å². The summed E-state index contributed by atoms with van der Waals surface area (Å²) in [5.41, 5.74) is 2.74. The van der Waals surface area contributed by atoms with Crippen LogP contribution in [0.4, 0.5) is 4.39 Å². The molecule has 0 bridgehead atoms. The molecular formula is C18H15FN4O. The van der Waals surface area contributed by atoms with Gasteiger partial charge >= 0.3 is 0 Å². The maximum atomic E-state index is 13.0. The molecule has 3 aromatic rings. The Kier molecular flexibility index (Phi) is 2.86. The minimum Gasteiger partial charge on any atom is -0.353 e. The van der Waals surface area contributed by atoms with Crippen LogP contribution in [0.5, 0.6) is 0 Å². The lowest BCUT2D eigenvalue weighted by Gasteiger charge is -2.11. The van der Waals surface area contributed by atoms with Gasteiger partial charge in [-0.15, -0.1) is 0 Å². The zero-order valence-corrected chi connectivity index (χ0v) is 12.9. The summed E-state index contributed by atoms with van der Waals surface area (Å²) >= 11 is 0. The van der Waals surface area contributed by atoms with Crippen molar-refractivity contribution in [2.24, 2.45) is 0 Å². The molecule has 2 atom stereocenters. The number of halogens is 1. The average molecular weight is 322 g/mol. The largest absolute Gasteiger partial charge is 0.353 e. The molecule has 0 spiro atoms. The Labute approximate surface area is 138 Å². The van der Waals surface area contributed by atoms with E-state index in [4.69, 9.17) is 4.74 Å². The molecule has 0 saturated carbocycles. The maximum Gasteiger partial charge on any atom is 0.181 e. The van der Waals surface area contributed by atoms with E-state index in [1.54, 1.807) is 12.1 Å². The summed E-state index contributed by atoms with van der Waals surface area (Å²) in [5, 5.41) is 7.17. The Morgan fingerprint density at radius 1 is 1.04 bits per heavy atom. The molecule has 0 amide bonds. The van der Waals surface area contributed by atoms with Gasteiger partial charge in [-0.3, -0.25) is 10.00 Å². The first kappa shape index (κ1) is 13.8. The van der Waals surface area contributed by atoms with Crippen LogP contribution in [-0.2, 0) is 10.5 Å². The van der Waals surface area contributed by atoms with Gasteiger partial charge in [0.1, 0.15) is 5.82 Å². The summed E-state index contributed by atoms with van der Waals surface area (Å²) in [4.78, 5) is 6.83. The Hall–Kier alpha value is -2.57. The molecule has 6 heteroatoms. The number of hydrogen-bond acceptors (Lipinski definition) is 4. The van der Waals surface area contributed by atoms with Gasteiger partial charge in [0.15, 0.2) is 17.4 Å². The van der Waals surface area contributed by atoms with Crippen LogP contribution in [0.2, 0.25) is 0 Å². The Morgan fingerprint density at radius 3 is 2.46 bits per heavy atom. The normalized spacial score (nSPS) is 24.8. The monoisotopic (exact) mass is 322 g/mol. The van der Waals surface area contributed by atoms with Gasteiger partial charge in [-0.25, -0.2) is 9.37 Å². The standard InChI is InChI=1S/C18H15FN4O/c19-15-7-3-13(4-8-15)17-20-16(21-22-17)12-1-5-14(6-2-12)18-11-23(18)9-10-24-18/h1-8H,9-11H2,(H,20,21,22). The number of morpholine rings is 1. The summed E-state index contributed by atoms with van der Waals surface area (Å²) in [6.45, 7) is 2.78. The van der Waals surface area contributed by atoms with Crippen LogP contribution in [0.15, 0.2) is 48.5 Å². The molecule has 3 heterocycles. The summed E-state index contributed by atoms with van der Waals surface area (Å²) in [5.74, 6) is 0.978. The lowest BCUT2D eigenvalue weighted by molar-refractivity contribution is 0.0589. The summed E-state index contributed by atoms with van der Waals surface area (Å²) in [6, 6.07) is 14.4. The zero-order valence-electron chi connectivity index (χ0n) is 12.9. The minimum absolute atomic E-state index is 0.181. The molecule has 2 saturated heterocycles. The van der Waals surface area contributed by atoms with E-state index in [0.29, 0.717) is 11.6 Å². The van der Waals surface area contributed by atoms with Crippen molar-refractivity contribution in [2.75, 3.05) is 19.7 Å². The Bertz CT molecular complexity index is 890. The van der Waals surface area contributed by atoms with Gasteiger partial charge in [0.05, 0.1) is 6.61 Å². The molecule has 1 N–H and O–H groups in total. The van der Waals surface area contributed by atoms with Gasteiger partial charge < -0.3 is 4.74 Å². The first-order chi connectivity index (χ1) is 11.7. The second-order valence-corrected chi connectivity index (χ2v) is 6.15. The summed E-state index contributed by atoms with van der Waals surface area (Å²) in [7, 11) is 0. The number of aromatic amines is 1. The van der Waals surface area contributed by atoms with Crippen molar-refractivity contribution in [1.29, 1.82) is 0 Å². The maximum absolute atomic E-state index is 13.0. The van der Waals surface area contributed by atoms with Crippen molar-refractivity contribution < 1.29 is 9.13 Å². The van der Waals surface area contributed by atoms with Gasteiger partial charge in [0.25, 0.3) is 0 Å². The molecule has 5 nitrogen and oxygen atoms in total. The molecule has 5 rings (SSSR count).